The summed E-state index contributed by atoms with van der Waals surface area (Å²) in [4.78, 5) is 3.22. The molecule has 0 saturated heterocycles. The molecule has 0 saturated carbocycles. The topological polar surface area (TPSA) is 51.0 Å². The van der Waals surface area contributed by atoms with E-state index in [4.69, 9.17) is 10.5 Å². The molecule has 148 valence electrons. The number of hydrogen-bond acceptors (Lipinski definition) is 2. The number of benzene rings is 3. The smallest absolute Gasteiger partial charge is 0.128 e. The van der Waals surface area contributed by atoms with Crippen molar-refractivity contribution in [2.24, 2.45) is 5.73 Å². The highest BCUT2D eigenvalue weighted by molar-refractivity contribution is 5.85. The molecule has 0 amide bonds. The summed E-state index contributed by atoms with van der Waals surface area (Å²) in [6, 6.07) is 29.4. The lowest BCUT2D eigenvalue weighted by Crippen LogP contribution is -2.39. The Labute approximate surface area is 172 Å². The zero-order valence-corrected chi connectivity index (χ0v) is 16.8. The fourth-order valence-corrected chi connectivity index (χ4v) is 3.94. The van der Waals surface area contributed by atoms with Crippen LogP contribution in [0.15, 0.2) is 91.1 Å². The molecule has 0 fully saturated rings. The average Bonchev–Trinajstić information content (AvgIpc) is 3.23. The third-order valence-electron chi connectivity index (χ3n) is 5.56. The molecule has 0 spiro atoms. The van der Waals surface area contributed by atoms with Gasteiger partial charge in [-0.25, -0.2) is 0 Å². The lowest BCUT2D eigenvalue weighted by Gasteiger charge is -2.30. The van der Waals surface area contributed by atoms with E-state index in [1.807, 2.05) is 24.4 Å². The van der Waals surface area contributed by atoms with Crippen molar-refractivity contribution in [3.63, 3.8) is 0 Å². The van der Waals surface area contributed by atoms with Crippen molar-refractivity contribution in [3.05, 3.63) is 102 Å². The molecule has 0 unspecified atom stereocenters. The summed E-state index contributed by atoms with van der Waals surface area (Å²) in [5.74, 6) is 1.17. The van der Waals surface area contributed by atoms with Crippen LogP contribution in [-0.2, 0) is 0 Å². The minimum atomic E-state index is -0.345. The number of aromatic amines is 1. The van der Waals surface area contributed by atoms with E-state index in [2.05, 4.69) is 78.6 Å². The highest BCUT2D eigenvalue weighted by Gasteiger charge is 2.26. The first-order valence-corrected chi connectivity index (χ1v) is 10.2. The molecule has 3 heteroatoms. The van der Waals surface area contributed by atoms with Crippen LogP contribution in [0.5, 0.6) is 5.75 Å². The van der Waals surface area contributed by atoms with Gasteiger partial charge < -0.3 is 15.5 Å². The predicted octanol–water partition coefficient (Wildman–Crippen LogP) is 5.88. The van der Waals surface area contributed by atoms with Crippen molar-refractivity contribution in [1.29, 1.82) is 0 Å². The van der Waals surface area contributed by atoms with E-state index in [1.165, 1.54) is 11.1 Å². The van der Waals surface area contributed by atoms with Crippen LogP contribution in [0.4, 0.5) is 0 Å². The second-order valence-corrected chi connectivity index (χ2v) is 8.03. The summed E-state index contributed by atoms with van der Waals surface area (Å²) in [6.07, 6.45) is 3.58. The minimum absolute atomic E-state index is 0.264. The van der Waals surface area contributed by atoms with Crippen LogP contribution in [0.3, 0.4) is 0 Å². The molecule has 1 atom stereocenters. The van der Waals surface area contributed by atoms with Crippen LogP contribution in [-0.4, -0.2) is 17.1 Å². The Morgan fingerprint density at radius 2 is 1.52 bits per heavy atom. The molecule has 0 aliphatic heterocycles. The Balaban J connectivity index is 1.46. The van der Waals surface area contributed by atoms with Gasteiger partial charge in [0.1, 0.15) is 5.75 Å². The summed E-state index contributed by atoms with van der Waals surface area (Å²) in [5, 5.41) is 1.11. The zero-order valence-electron chi connectivity index (χ0n) is 16.8. The van der Waals surface area contributed by atoms with Crippen LogP contribution in [0, 0.1) is 0 Å². The van der Waals surface area contributed by atoms with Gasteiger partial charge in [-0.05, 0) is 49.1 Å². The van der Waals surface area contributed by atoms with Crippen molar-refractivity contribution >= 4 is 10.9 Å². The van der Waals surface area contributed by atoms with Crippen molar-refractivity contribution in [1.82, 2.24) is 4.98 Å². The molecule has 4 aromatic rings. The Hall–Kier alpha value is -3.04. The molecule has 0 aliphatic rings. The van der Waals surface area contributed by atoms with Gasteiger partial charge in [0.25, 0.3) is 0 Å². The van der Waals surface area contributed by atoms with Crippen molar-refractivity contribution in [2.45, 2.75) is 31.2 Å². The van der Waals surface area contributed by atoms with Crippen LogP contribution >= 0.6 is 0 Å². The van der Waals surface area contributed by atoms with Gasteiger partial charge in [-0.3, -0.25) is 0 Å². The molecule has 4 rings (SSSR count). The molecule has 29 heavy (non-hydrogen) atoms. The maximum Gasteiger partial charge on any atom is 0.128 e. The quantitative estimate of drug-likeness (QED) is 0.399. The summed E-state index contributed by atoms with van der Waals surface area (Å²) in [5.41, 5.74) is 10.1. The van der Waals surface area contributed by atoms with Crippen LogP contribution in [0.25, 0.3) is 10.9 Å². The number of nitrogens with one attached hydrogen (secondary N) is 1. The summed E-state index contributed by atoms with van der Waals surface area (Å²) >= 11 is 0. The molecular weight excluding hydrogens is 356 g/mol. The molecule has 3 nitrogen and oxygen atoms in total. The monoisotopic (exact) mass is 384 g/mol. The Bertz CT molecular complexity index is 998. The number of nitrogens with two attached hydrogens (primary N) is 1. The SMILES string of the molecule is C[C@](N)(CCOc1cccc2[nH]ccc12)CC(c1ccccc1)c1ccccc1. The minimum Gasteiger partial charge on any atom is -0.493 e. The normalized spacial score (nSPS) is 13.5. The standard InChI is InChI=1S/C26H28N2O/c1-26(27,16-18-29-25-14-8-13-24-22(25)15-17-28-24)19-23(20-9-4-2-5-10-20)21-11-6-3-7-12-21/h2-15,17,23,28H,16,18-19,27H2,1H3/t26-/m0/s1. The fourth-order valence-electron chi connectivity index (χ4n) is 3.94. The highest BCUT2D eigenvalue weighted by Crippen LogP contribution is 2.33. The van der Waals surface area contributed by atoms with Crippen LogP contribution in [0.1, 0.15) is 36.8 Å². The largest absolute Gasteiger partial charge is 0.493 e. The maximum absolute atomic E-state index is 6.76. The first-order valence-electron chi connectivity index (χ1n) is 10.2. The van der Waals surface area contributed by atoms with Gasteiger partial charge in [-0.15, -0.1) is 0 Å². The van der Waals surface area contributed by atoms with Gasteiger partial charge >= 0.3 is 0 Å². The third kappa shape index (κ3) is 4.69. The van der Waals surface area contributed by atoms with E-state index in [0.29, 0.717) is 6.61 Å². The lowest BCUT2D eigenvalue weighted by molar-refractivity contribution is 0.257. The lowest BCUT2D eigenvalue weighted by atomic mass is 9.80. The van der Waals surface area contributed by atoms with E-state index in [-0.39, 0.29) is 11.5 Å². The average molecular weight is 385 g/mol. The third-order valence-corrected chi connectivity index (χ3v) is 5.56. The second kappa shape index (κ2) is 8.54. The van der Waals surface area contributed by atoms with Gasteiger partial charge in [-0.1, -0.05) is 66.7 Å². The first-order chi connectivity index (χ1) is 14.1. The maximum atomic E-state index is 6.76. The predicted molar refractivity (Wildman–Crippen MR) is 120 cm³/mol. The molecule has 3 aromatic carbocycles. The summed E-state index contributed by atoms with van der Waals surface area (Å²) < 4.78 is 6.11. The summed E-state index contributed by atoms with van der Waals surface area (Å²) in [7, 11) is 0. The first kappa shape index (κ1) is 19.3. The fraction of sp³-hybridized carbons (Fsp3) is 0.231. The van der Waals surface area contributed by atoms with Crippen molar-refractivity contribution in [2.75, 3.05) is 6.61 Å². The summed E-state index contributed by atoms with van der Waals surface area (Å²) in [6.45, 7) is 2.72. The highest BCUT2D eigenvalue weighted by atomic mass is 16.5. The molecule has 1 heterocycles. The van der Waals surface area contributed by atoms with E-state index in [1.54, 1.807) is 0 Å². The number of H-pyrrole nitrogens is 1. The Morgan fingerprint density at radius 3 is 2.17 bits per heavy atom. The number of rotatable bonds is 8. The Morgan fingerprint density at radius 1 is 0.862 bits per heavy atom. The van der Waals surface area contributed by atoms with E-state index < -0.39 is 0 Å². The number of fused-ring (bicyclic) bond motifs is 1. The molecule has 3 N–H and O–H groups in total. The van der Waals surface area contributed by atoms with Crippen LogP contribution in [0.2, 0.25) is 0 Å². The van der Waals surface area contributed by atoms with Crippen LogP contribution < -0.4 is 10.5 Å². The molecular formula is C26H28N2O. The van der Waals surface area contributed by atoms with Gasteiger partial charge in [-0.2, -0.15) is 0 Å². The van der Waals surface area contributed by atoms with Crippen molar-refractivity contribution in [3.8, 4) is 5.75 Å². The zero-order chi connectivity index (χ0) is 20.1. The molecule has 0 bridgehead atoms. The van der Waals surface area contributed by atoms with E-state index in [0.717, 1.165) is 29.5 Å². The second-order valence-electron chi connectivity index (χ2n) is 8.03. The molecule has 0 aliphatic carbocycles. The van der Waals surface area contributed by atoms with Gasteiger partial charge in [0, 0.05) is 28.6 Å². The number of hydrogen-bond donors (Lipinski definition) is 2. The number of aromatic nitrogens is 1. The van der Waals surface area contributed by atoms with Gasteiger partial charge in [0.2, 0.25) is 0 Å². The Kier molecular flexibility index (Phi) is 5.68. The van der Waals surface area contributed by atoms with Crippen molar-refractivity contribution < 1.29 is 4.74 Å². The van der Waals surface area contributed by atoms with E-state index in [9.17, 15) is 0 Å². The molecule has 0 radical (unpaired) electrons. The molecule has 1 aromatic heterocycles. The number of ether oxygens (including phenoxy) is 1. The van der Waals surface area contributed by atoms with Gasteiger partial charge in [0.05, 0.1) is 6.61 Å². The van der Waals surface area contributed by atoms with E-state index >= 15 is 0 Å². The van der Waals surface area contributed by atoms with Gasteiger partial charge in [0.15, 0.2) is 0 Å².